The standard InChI is InChI=1S/C12H18N2O4Si2/c1-12(2,11(17-19-3)18-20-4)8-5-6-10(14(15)16)9(13)7-8/h5-7,11H,13H2,1-4H3. The van der Waals surface area contributed by atoms with Crippen LogP contribution >= 0.6 is 0 Å². The fraction of sp³-hybridized carbons (Fsp3) is 0.500. The van der Waals surface area contributed by atoms with E-state index in [1.165, 1.54) is 6.07 Å². The Morgan fingerprint density at radius 3 is 2.25 bits per heavy atom. The van der Waals surface area contributed by atoms with Gasteiger partial charge in [0, 0.05) is 11.5 Å². The summed E-state index contributed by atoms with van der Waals surface area (Å²) in [7, 11) is 0.595. The number of nitro groups is 1. The lowest BCUT2D eigenvalue weighted by Crippen LogP contribution is -2.39. The molecule has 4 radical (unpaired) electrons. The average Bonchev–Trinajstić information content (AvgIpc) is 2.37. The van der Waals surface area contributed by atoms with Crippen molar-refractivity contribution in [2.45, 2.75) is 38.6 Å². The van der Waals surface area contributed by atoms with Crippen LogP contribution in [0, 0.1) is 10.1 Å². The third-order valence-electron chi connectivity index (χ3n) is 3.01. The quantitative estimate of drug-likeness (QED) is 0.274. The van der Waals surface area contributed by atoms with Crippen LogP contribution in [0.2, 0.25) is 13.1 Å². The van der Waals surface area contributed by atoms with Crippen molar-refractivity contribution < 1.29 is 13.8 Å². The van der Waals surface area contributed by atoms with Crippen molar-refractivity contribution in [3.05, 3.63) is 33.9 Å². The molecule has 6 nitrogen and oxygen atoms in total. The molecule has 20 heavy (non-hydrogen) atoms. The highest BCUT2D eigenvalue weighted by atomic mass is 28.2. The van der Waals surface area contributed by atoms with Crippen LogP contribution in [0.15, 0.2) is 18.2 Å². The van der Waals surface area contributed by atoms with E-state index in [0.717, 1.165) is 5.56 Å². The minimum absolute atomic E-state index is 0.0855. The predicted molar refractivity (Wildman–Crippen MR) is 79.7 cm³/mol. The van der Waals surface area contributed by atoms with Crippen molar-refractivity contribution in [3.63, 3.8) is 0 Å². The van der Waals surface area contributed by atoms with Crippen LogP contribution in [0.4, 0.5) is 11.4 Å². The molecule has 108 valence electrons. The Balaban J connectivity index is 3.13. The highest BCUT2D eigenvalue weighted by Gasteiger charge is 2.33. The molecule has 1 aromatic rings. The second-order valence-corrected chi connectivity index (χ2v) is 6.02. The number of hydrogen-bond acceptors (Lipinski definition) is 5. The minimum atomic E-state index is -0.489. The smallest absolute Gasteiger partial charge is 0.292 e. The van der Waals surface area contributed by atoms with Crippen LogP contribution in [0.3, 0.4) is 0 Å². The molecule has 0 unspecified atom stereocenters. The van der Waals surface area contributed by atoms with E-state index in [2.05, 4.69) is 0 Å². The topological polar surface area (TPSA) is 87.6 Å². The van der Waals surface area contributed by atoms with Gasteiger partial charge in [0.25, 0.3) is 5.69 Å². The average molecular weight is 310 g/mol. The number of hydrogen-bond donors (Lipinski definition) is 1. The summed E-state index contributed by atoms with van der Waals surface area (Å²) in [6.45, 7) is 7.79. The molecule has 2 N–H and O–H groups in total. The number of nitrogen functional groups attached to an aromatic ring is 1. The monoisotopic (exact) mass is 310 g/mol. The van der Waals surface area contributed by atoms with Gasteiger partial charge in [0.2, 0.25) is 19.5 Å². The molecule has 0 aliphatic carbocycles. The third-order valence-corrected chi connectivity index (χ3v) is 3.91. The Kier molecular flexibility index (Phi) is 5.87. The van der Waals surface area contributed by atoms with Gasteiger partial charge in [-0.15, -0.1) is 0 Å². The number of benzene rings is 1. The van der Waals surface area contributed by atoms with E-state index in [-0.39, 0.29) is 11.4 Å². The predicted octanol–water partition coefficient (Wildman–Crippen LogP) is 2.15. The van der Waals surface area contributed by atoms with Crippen LogP contribution in [-0.4, -0.2) is 30.7 Å². The van der Waals surface area contributed by atoms with Crippen molar-refractivity contribution in [1.82, 2.24) is 0 Å². The Bertz CT molecular complexity index is 477. The zero-order valence-electron chi connectivity index (χ0n) is 12.0. The number of nitro benzene ring substituents is 1. The molecule has 0 aliphatic heterocycles. The first kappa shape index (κ1) is 16.8. The first-order chi connectivity index (χ1) is 9.34. The lowest BCUT2D eigenvalue weighted by molar-refractivity contribution is -0.383. The number of nitrogens with two attached hydrogens (primary N) is 1. The Morgan fingerprint density at radius 1 is 1.30 bits per heavy atom. The molecule has 0 aromatic heterocycles. The second kappa shape index (κ2) is 6.98. The summed E-state index contributed by atoms with van der Waals surface area (Å²) < 4.78 is 11.3. The molecule has 8 heteroatoms. The van der Waals surface area contributed by atoms with E-state index in [4.69, 9.17) is 14.6 Å². The highest BCUT2D eigenvalue weighted by molar-refractivity contribution is 6.26. The Morgan fingerprint density at radius 2 is 1.85 bits per heavy atom. The van der Waals surface area contributed by atoms with E-state index in [1.807, 2.05) is 26.9 Å². The second-order valence-electron chi connectivity index (χ2n) is 4.73. The molecule has 0 fully saturated rings. The van der Waals surface area contributed by atoms with Crippen LogP contribution in [0.1, 0.15) is 19.4 Å². The third kappa shape index (κ3) is 3.66. The van der Waals surface area contributed by atoms with Gasteiger partial charge in [-0.05, 0) is 24.7 Å². The SMILES string of the molecule is C[Si]OC(O[Si]C)C(C)(C)c1ccc([N+](=O)[O-])c(N)c1. The maximum atomic E-state index is 10.8. The van der Waals surface area contributed by atoms with Gasteiger partial charge in [-0.25, -0.2) is 0 Å². The van der Waals surface area contributed by atoms with Gasteiger partial charge in [-0.3, -0.25) is 10.1 Å². The van der Waals surface area contributed by atoms with Crippen LogP contribution < -0.4 is 5.73 Å². The first-order valence-corrected chi connectivity index (χ1v) is 8.85. The van der Waals surface area contributed by atoms with Crippen LogP contribution in [0.25, 0.3) is 0 Å². The molecule has 0 saturated heterocycles. The molecule has 0 bridgehead atoms. The minimum Gasteiger partial charge on any atom is -0.393 e. The molecule has 1 rings (SSSR count). The Hall–Kier alpha value is -1.23. The van der Waals surface area contributed by atoms with Gasteiger partial charge >= 0.3 is 0 Å². The summed E-state index contributed by atoms with van der Waals surface area (Å²) in [4.78, 5) is 10.3. The zero-order valence-corrected chi connectivity index (χ0v) is 14.0. The maximum absolute atomic E-state index is 10.8. The summed E-state index contributed by atoms with van der Waals surface area (Å²) in [5.74, 6) is 0. The fourth-order valence-corrected chi connectivity index (χ4v) is 3.00. The van der Waals surface area contributed by atoms with Gasteiger partial charge in [-0.2, -0.15) is 0 Å². The summed E-state index contributed by atoms with van der Waals surface area (Å²) in [5, 5.41) is 10.8. The van der Waals surface area contributed by atoms with Gasteiger partial charge in [0.1, 0.15) is 12.0 Å². The van der Waals surface area contributed by atoms with Gasteiger partial charge < -0.3 is 14.6 Å². The van der Waals surface area contributed by atoms with Crippen molar-refractivity contribution in [1.29, 1.82) is 0 Å². The van der Waals surface area contributed by atoms with E-state index >= 15 is 0 Å². The van der Waals surface area contributed by atoms with E-state index < -0.39 is 16.6 Å². The molecule has 0 atom stereocenters. The Labute approximate surface area is 123 Å². The highest BCUT2D eigenvalue weighted by Crippen LogP contribution is 2.33. The number of nitrogens with zero attached hydrogens (tertiary/aromatic N) is 1. The van der Waals surface area contributed by atoms with Gasteiger partial charge in [0.15, 0.2) is 0 Å². The van der Waals surface area contributed by atoms with Gasteiger partial charge in [-0.1, -0.05) is 19.9 Å². The normalized spacial score (nSPS) is 11.8. The van der Waals surface area contributed by atoms with E-state index in [1.54, 1.807) is 12.1 Å². The van der Waals surface area contributed by atoms with Crippen molar-refractivity contribution >= 4 is 30.9 Å². The molecule has 0 spiro atoms. The van der Waals surface area contributed by atoms with Crippen LogP contribution in [0.5, 0.6) is 0 Å². The summed E-state index contributed by atoms with van der Waals surface area (Å²) >= 11 is 0. The van der Waals surface area contributed by atoms with Crippen molar-refractivity contribution in [2.75, 3.05) is 5.73 Å². The van der Waals surface area contributed by atoms with E-state index in [0.29, 0.717) is 19.5 Å². The maximum Gasteiger partial charge on any atom is 0.292 e. The molecule has 0 heterocycles. The molecular weight excluding hydrogens is 292 g/mol. The summed E-state index contributed by atoms with van der Waals surface area (Å²) in [6, 6.07) is 4.74. The molecular formula is C12H18N2O4Si2. The summed E-state index contributed by atoms with van der Waals surface area (Å²) in [6.07, 6.45) is -0.407. The lowest BCUT2D eigenvalue weighted by atomic mass is 9.83. The van der Waals surface area contributed by atoms with Crippen molar-refractivity contribution in [3.8, 4) is 0 Å². The molecule has 0 amide bonds. The summed E-state index contributed by atoms with van der Waals surface area (Å²) in [5.41, 5.74) is 6.21. The van der Waals surface area contributed by atoms with Crippen molar-refractivity contribution in [2.24, 2.45) is 0 Å². The lowest BCUT2D eigenvalue weighted by Gasteiger charge is -2.34. The van der Waals surface area contributed by atoms with E-state index in [9.17, 15) is 10.1 Å². The molecule has 0 saturated carbocycles. The van der Waals surface area contributed by atoms with Gasteiger partial charge in [0.05, 0.1) is 4.92 Å². The largest absolute Gasteiger partial charge is 0.393 e. The molecule has 0 aliphatic rings. The zero-order chi connectivity index (χ0) is 15.3. The fourth-order valence-electron chi connectivity index (χ4n) is 1.79. The first-order valence-electron chi connectivity index (χ1n) is 6.03. The number of rotatable bonds is 7. The number of anilines is 1. The molecule has 1 aromatic carbocycles. The van der Waals surface area contributed by atoms with Crippen LogP contribution in [-0.2, 0) is 14.3 Å².